The van der Waals surface area contributed by atoms with Gasteiger partial charge in [0.05, 0.1) is 13.7 Å². The van der Waals surface area contributed by atoms with Gasteiger partial charge < -0.3 is 20.5 Å². The maximum absolute atomic E-state index is 5.96. The summed E-state index contributed by atoms with van der Waals surface area (Å²) in [5.74, 6) is 1.84. The smallest absolute Gasteiger partial charge is 0.188 e. The summed E-state index contributed by atoms with van der Waals surface area (Å²) in [5, 5.41) is 5.22. The molecule has 0 amide bonds. The third kappa shape index (κ3) is 6.03. The first-order chi connectivity index (χ1) is 13.7. The van der Waals surface area contributed by atoms with Gasteiger partial charge in [-0.15, -0.1) is 11.3 Å². The average molecular weight is 396 g/mol. The first-order valence-electron chi connectivity index (χ1n) is 9.14. The molecule has 1 heterocycles. The van der Waals surface area contributed by atoms with Crippen LogP contribution in [-0.4, -0.2) is 19.6 Å². The number of thiophene rings is 1. The van der Waals surface area contributed by atoms with Crippen molar-refractivity contribution in [3.63, 3.8) is 0 Å². The number of benzene rings is 2. The van der Waals surface area contributed by atoms with Crippen LogP contribution in [0.3, 0.4) is 0 Å². The molecule has 0 aliphatic rings. The summed E-state index contributed by atoms with van der Waals surface area (Å²) in [4.78, 5) is 5.73. The van der Waals surface area contributed by atoms with Crippen molar-refractivity contribution in [1.29, 1.82) is 0 Å². The van der Waals surface area contributed by atoms with Gasteiger partial charge in [-0.2, -0.15) is 0 Å². The third-order valence-electron chi connectivity index (χ3n) is 4.15. The van der Waals surface area contributed by atoms with Crippen molar-refractivity contribution in [2.24, 2.45) is 10.7 Å². The van der Waals surface area contributed by atoms with Crippen LogP contribution in [0.25, 0.3) is 0 Å². The summed E-state index contributed by atoms with van der Waals surface area (Å²) in [6.45, 7) is 1.74. The van der Waals surface area contributed by atoms with Gasteiger partial charge in [0.15, 0.2) is 17.5 Å². The number of ether oxygens (including phenoxy) is 2. The Labute approximate surface area is 169 Å². The molecule has 0 fully saturated rings. The van der Waals surface area contributed by atoms with Crippen LogP contribution in [-0.2, 0) is 19.6 Å². The molecule has 0 aliphatic heterocycles. The summed E-state index contributed by atoms with van der Waals surface area (Å²) in [7, 11) is 1.64. The highest BCUT2D eigenvalue weighted by Crippen LogP contribution is 2.29. The molecular formula is C22H25N3O2S. The van der Waals surface area contributed by atoms with E-state index in [1.165, 1.54) is 4.88 Å². The van der Waals surface area contributed by atoms with Crippen molar-refractivity contribution in [2.45, 2.75) is 19.6 Å². The Hall–Kier alpha value is -2.99. The summed E-state index contributed by atoms with van der Waals surface area (Å²) in [5.41, 5.74) is 8.08. The highest BCUT2D eigenvalue weighted by atomic mass is 32.1. The lowest BCUT2D eigenvalue weighted by atomic mass is 10.2. The van der Waals surface area contributed by atoms with Crippen LogP contribution in [0.15, 0.2) is 71.0 Å². The fraction of sp³-hybridized carbons (Fsp3) is 0.227. The molecular weight excluding hydrogens is 370 g/mol. The standard InChI is InChI=1S/C22H25N3O2S/c1-26-21-14-18(9-10-20(21)27-16-17-6-3-2-4-7-17)15-25-22(23)24-12-11-19-8-5-13-28-19/h2-10,13-14H,11-12,15-16H2,1H3,(H3,23,24,25). The van der Waals surface area contributed by atoms with E-state index in [9.17, 15) is 0 Å². The second-order valence-electron chi connectivity index (χ2n) is 6.22. The van der Waals surface area contributed by atoms with Gasteiger partial charge in [-0.25, -0.2) is 4.99 Å². The predicted molar refractivity (Wildman–Crippen MR) is 115 cm³/mol. The number of aliphatic imine (C=N–C) groups is 1. The number of nitrogens with one attached hydrogen (secondary N) is 1. The summed E-state index contributed by atoms with van der Waals surface area (Å²) in [6, 6.07) is 20.0. The van der Waals surface area contributed by atoms with Crippen molar-refractivity contribution in [1.82, 2.24) is 5.32 Å². The Kier molecular flexibility index (Phi) is 7.32. The predicted octanol–water partition coefficient (Wildman–Crippen LogP) is 3.98. The Balaban J connectivity index is 1.52. The van der Waals surface area contributed by atoms with Crippen molar-refractivity contribution in [3.8, 4) is 11.5 Å². The SMILES string of the molecule is COc1cc(CN=C(N)NCCc2cccs2)ccc1OCc1ccccc1. The highest BCUT2D eigenvalue weighted by molar-refractivity contribution is 7.09. The van der Waals surface area contributed by atoms with E-state index in [4.69, 9.17) is 15.2 Å². The van der Waals surface area contributed by atoms with Gasteiger partial charge in [0.25, 0.3) is 0 Å². The highest BCUT2D eigenvalue weighted by Gasteiger charge is 2.06. The van der Waals surface area contributed by atoms with E-state index < -0.39 is 0 Å². The van der Waals surface area contributed by atoms with Crippen LogP contribution in [0.1, 0.15) is 16.0 Å². The van der Waals surface area contributed by atoms with Crippen molar-refractivity contribution in [2.75, 3.05) is 13.7 Å². The van der Waals surface area contributed by atoms with Crippen molar-refractivity contribution >= 4 is 17.3 Å². The molecule has 146 valence electrons. The molecule has 0 unspecified atom stereocenters. The second kappa shape index (κ2) is 10.4. The number of nitrogens with zero attached hydrogens (tertiary/aromatic N) is 1. The van der Waals surface area contributed by atoms with E-state index in [1.807, 2.05) is 48.5 Å². The van der Waals surface area contributed by atoms with Crippen LogP contribution < -0.4 is 20.5 Å². The van der Waals surface area contributed by atoms with E-state index in [2.05, 4.69) is 27.8 Å². The first-order valence-corrected chi connectivity index (χ1v) is 10.0. The first kappa shape index (κ1) is 19.8. The number of hydrogen-bond acceptors (Lipinski definition) is 4. The Morgan fingerprint density at radius 2 is 1.89 bits per heavy atom. The summed E-state index contributed by atoms with van der Waals surface area (Å²) < 4.78 is 11.4. The van der Waals surface area contributed by atoms with Crippen molar-refractivity contribution < 1.29 is 9.47 Å². The fourth-order valence-corrected chi connectivity index (χ4v) is 3.37. The fourth-order valence-electron chi connectivity index (χ4n) is 2.67. The number of hydrogen-bond donors (Lipinski definition) is 2. The number of guanidine groups is 1. The average Bonchev–Trinajstić information content (AvgIpc) is 3.25. The van der Waals surface area contributed by atoms with Gasteiger partial charge in [0.2, 0.25) is 0 Å². The van der Waals surface area contributed by atoms with E-state index >= 15 is 0 Å². The molecule has 0 saturated carbocycles. The molecule has 3 N–H and O–H groups in total. The molecule has 5 nitrogen and oxygen atoms in total. The van der Waals surface area contributed by atoms with Crippen LogP contribution in [0, 0.1) is 0 Å². The zero-order chi connectivity index (χ0) is 19.6. The molecule has 0 atom stereocenters. The van der Waals surface area contributed by atoms with Gasteiger partial charge >= 0.3 is 0 Å². The Morgan fingerprint density at radius 1 is 1.04 bits per heavy atom. The van der Waals surface area contributed by atoms with Gasteiger partial charge in [0.1, 0.15) is 6.61 Å². The van der Waals surface area contributed by atoms with Gasteiger partial charge in [0, 0.05) is 11.4 Å². The zero-order valence-electron chi connectivity index (χ0n) is 15.9. The third-order valence-corrected chi connectivity index (χ3v) is 5.09. The normalized spacial score (nSPS) is 11.2. The number of methoxy groups -OCH3 is 1. The minimum Gasteiger partial charge on any atom is -0.493 e. The lowest BCUT2D eigenvalue weighted by molar-refractivity contribution is 0.284. The van der Waals surface area contributed by atoms with Crippen LogP contribution in [0.5, 0.6) is 11.5 Å². The largest absolute Gasteiger partial charge is 0.493 e. The number of rotatable bonds is 9. The molecule has 0 bridgehead atoms. The molecule has 0 aliphatic carbocycles. The molecule has 1 aromatic heterocycles. The Morgan fingerprint density at radius 3 is 2.64 bits per heavy atom. The maximum Gasteiger partial charge on any atom is 0.188 e. The molecule has 0 radical (unpaired) electrons. The van der Waals surface area contributed by atoms with Gasteiger partial charge in [-0.1, -0.05) is 42.5 Å². The lowest BCUT2D eigenvalue weighted by Crippen LogP contribution is -2.33. The molecule has 3 aromatic rings. The van der Waals surface area contributed by atoms with Gasteiger partial charge in [-0.05, 0) is 41.1 Å². The number of nitrogens with two attached hydrogens (primary N) is 1. The molecule has 28 heavy (non-hydrogen) atoms. The molecule has 3 rings (SSSR count). The van der Waals surface area contributed by atoms with Crippen molar-refractivity contribution in [3.05, 3.63) is 82.0 Å². The van der Waals surface area contributed by atoms with Crippen LogP contribution in [0.2, 0.25) is 0 Å². The second-order valence-corrected chi connectivity index (χ2v) is 7.25. The lowest BCUT2D eigenvalue weighted by Gasteiger charge is -2.12. The Bertz CT molecular complexity index is 880. The van der Waals surface area contributed by atoms with E-state index in [1.54, 1.807) is 18.4 Å². The zero-order valence-corrected chi connectivity index (χ0v) is 16.7. The summed E-state index contributed by atoms with van der Waals surface area (Å²) in [6.07, 6.45) is 0.940. The molecule has 2 aromatic carbocycles. The van der Waals surface area contributed by atoms with Crippen LogP contribution in [0.4, 0.5) is 0 Å². The van der Waals surface area contributed by atoms with Gasteiger partial charge in [-0.3, -0.25) is 0 Å². The van der Waals surface area contributed by atoms with E-state index in [-0.39, 0.29) is 0 Å². The van der Waals surface area contributed by atoms with Crippen LogP contribution >= 0.6 is 11.3 Å². The maximum atomic E-state index is 5.96. The minimum atomic E-state index is 0.444. The minimum absolute atomic E-state index is 0.444. The topological polar surface area (TPSA) is 68.9 Å². The molecule has 6 heteroatoms. The van der Waals surface area contributed by atoms with E-state index in [0.717, 1.165) is 24.1 Å². The quantitative estimate of drug-likeness (QED) is 0.425. The molecule has 0 spiro atoms. The molecule has 0 saturated heterocycles. The monoisotopic (exact) mass is 395 g/mol. The van der Waals surface area contributed by atoms with E-state index in [0.29, 0.717) is 30.6 Å². The summed E-state index contributed by atoms with van der Waals surface area (Å²) >= 11 is 1.75.